The van der Waals surface area contributed by atoms with E-state index in [0.29, 0.717) is 12.8 Å². The molecule has 1 aliphatic rings. The number of likely N-dealkylation sites (tertiary alicyclic amines) is 1. The zero-order chi connectivity index (χ0) is 29.1. The van der Waals surface area contributed by atoms with Crippen LogP contribution in [0.2, 0.25) is 0 Å². The molecule has 1 aliphatic heterocycles. The van der Waals surface area contributed by atoms with Crippen LogP contribution in [0.15, 0.2) is 24.3 Å². The maximum absolute atomic E-state index is 13.2. The van der Waals surface area contributed by atoms with Gasteiger partial charge in [-0.3, -0.25) is 4.79 Å². The Morgan fingerprint density at radius 2 is 1.45 bits per heavy atom. The molecule has 1 aromatic carbocycles. The van der Waals surface area contributed by atoms with E-state index in [0.717, 1.165) is 62.5 Å². The Hall–Kier alpha value is -3.13. The topological polar surface area (TPSA) is 126 Å². The second kappa shape index (κ2) is 15.6. The van der Waals surface area contributed by atoms with Gasteiger partial charge in [-0.15, -0.1) is 0 Å². The Balaban J connectivity index is 1.54. The van der Waals surface area contributed by atoms with Crippen LogP contribution in [0.3, 0.4) is 0 Å². The number of hydrogen-bond donors (Lipinski definition) is 5. The van der Waals surface area contributed by atoms with Crippen molar-refractivity contribution in [3.63, 3.8) is 0 Å². The number of aromatic hydroxyl groups is 5. The Kier molecular flexibility index (Phi) is 12.2. The third kappa shape index (κ3) is 7.74. The highest BCUT2D eigenvalue weighted by atomic mass is 16.3. The second-order valence-electron chi connectivity index (χ2n) is 11.1. The summed E-state index contributed by atoms with van der Waals surface area (Å²) in [6.07, 6.45) is 23.0. The molecule has 8 nitrogen and oxygen atoms in total. The molecule has 0 radical (unpaired) electrons. The van der Waals surface area contributed by atoms with E-state index >= 15 is 0 Å². The summed E-state index contributed by atoms with van der Waals surface area (Å²) in [5.74, 6) is -3.97. The molecule has 5 N–H and O–H groups in total. The van der Waals surface area contributed by atoms with Gasteiger partial charge in [0.15, 0.2) is 11.5 Å². The molecule has 0 aliphatic carbocycles. The molecule has 0 amide bonds. The number of unbranched alkanes of at least 4 members (excludes halogenated alkanes) is 8. The zero-order valence-corrected chi connectivity index (χ0v) is 24.2. The average Bonchev–Trinajstić information content (AvgIpc) is 3.48. The lowest BCUT2D eigenvalue weighted by Crippen LogP contribution is -2.26. The summed E-state index contributed by atoms with van der Waals surface area (Å²) in [7, 11) is 1.98. The second-order valence-corrected chi connectivity index (χ2v) is 11.1. The minimum absolute atomic E-state index is 0.000937. The Bertz CT molecular complexity index is 1180. The van der Waals surface area contributed by atoms with Crippen molar-refractivity contribution in [1.29, 1.82) is 0 Å². The molecule has 0 bridgehead atoms. The number of hydrogen-bond acceptors (Lipinski definition) is 7. The van der Waals surface area contributed by atoms with Crippen LogP contribution in [0, 0.1) is 0 Å². The van der Waals surface area contributed by atoms with E-state index in [1.807, 2.05) is 7.05 Å². The predicted molar refractivity (Wildman–Crippen MR) is 160 cm³/mol. The molecule has 3 rings (SSSR count). The molecular weight excluding hydrogens is 508 g/mol. The fourth-order valence-electron chi connectivity index (χ4n) is 5.65. The van der Waals surface area contributed by atoms with Gasteiger partial charge < -0.3 is 30.4 Å². The molecule has 2 heterocycles. The predicted octanol–water partition coefficient (Wildman–Crippen LogP) is 7.26. The van der Waals surface area contributed by atoms with E-state index in [4.69, 9.17) is 0 Å². The molecule has 0 spiro atoms. The van der Waals surface area contributed by atoms with Crippen molar-refractivity contribution in [3.05, 3.63) is 29.9 Å². The summed E-state index contributed by atoms with van der Waals surface area (Å²) in [6.45, 7) is 3.12. The fourth-order valence-corrected chi connectivity index (χ4v) is 5.65. The van der Waals surface area contributed by atoms with Crippen molar-refractivity contribution >= 4 is 16.8 Å². The van der Waals surface area contributed by atoms with Crippen molar-refractivity contribution in [1.82, 2.24) is 9.47 Å². The monoisotopic (exact) mass is 556 g/mol. The molecule has 0 saturated carbocycles. The number of allylic oxidation sites excluding steroid dienone is 4. The average molecular weight is 557 g/mol. The molecule has 222 valence electrons. The smallest absolute Gasteiger partial charge is 0.234 e. The first kappa shape index (κ1) is 31.4. The minimum Gasteiger partial charge on any atom is -0.504 e. The van der Waals surface area contributed by atoms with Crippen molar-refractivity contribution in [3.8, 4) is 28.9 Å². The van der Waals surface area contributed by atoms with Gasteiger partial charge in [0.05, 0.1) is 5.39 Å². The van der Waals surface area contributed by atoms with E-state index < -0.39 is 28.9 Å². The third-order valence-corrected chi connectivity index (χ3v) is 8.08. The van der Waals surface area contributed by atoms with E-state index in [1.165, 1.54) is 25.7 Å². The summed E-state index contributed by atoms with van der Waals surface area (Å²) in [4.78, 5) is 15.4. The molecule has 1 aromatic heterocycles. The van der Waals surface area contributed by atoms with Gasteiger partial charge in [0.1, 0.15) is 5.52 Å². The van der Waals surface area contributed by atoms with Gasteiger partial charge in [-0.05, 0) is 71.4 Å². The number of phenolic OH excluding ortho intramolecular Hbond substituents is 4. The van der Waals surface area contributed by atoms with Gasteiger partial charge in [0, 0.05) is 18.0 Å². The van der Waals surface area contributed by atoms with Crippen LogP contribution in [0.25, 0.3) is 10.9 Å². The normalized spacial score (nSPS) is 16.3. The first-order chi connectivity index (χ1) is 19.3. The number of benzene rings is 1. The van der Waals surface area contributed by atoms with Crippen LogP contribution in [-0.2, 0) is 6.42 Å². The number of carbonyl (C=O) groups excluding carboxylic acids is 1. The van der Waals surface area contributed by atoms with Crippen molar-refractivity contribution in [2.45, 2.75) is 109 Å². The first-order valence-corrected chi connectivity index (χ1v) is 15.0. The Labute approximate surface area is 238 Å². The molecule has 1 fully saturated rings. The van der Waals surface area contributed by atoms with Crippen LogP contribution < -0.4 is 0 Å². The highest BCUT2D eigenvalue weighted by molar-refractivity contribution is 6.05. The minimum atomic E-state index is -0.918. The molecule has 2 aromatic rings. The highest BCUT2D eigenvalue weighted by Gasteiger charge is 2.32. The molecular formula is C32H48N2O6. The SMILES string of the molecule is CCCCC/C=C\C/C=C\CCCCCCCC(=O)n1c(O)c(C[C@H]2CCCN2C)c2c(O)c(O)c(O)c(O)c21. The van der Waals surface area contributed by atoms with Gasteiger partial charge in [0.2, 0.25) is 23.3 Å². The van der Waals surface area contributed by atoms with E-state index in [9.17, 15) is 30.3 Å². The summed E-state index contributed by atoms with van der Waals surface area (Å²) < 4.78 is 0.983. The van der Waals surface area contributed by atoms with Gasteiger partial charge in [0.25, 0.3) is 0 Å². The van der Waals surface area contributed by atoms with Crippen molar-refractivity contribution in [2.75, 3.05) is 13.6 Å². The largest absolute Gasteiger partial charge is 0.504 e. The van der Waals surface area contributed by atoms with Crippen LogP contribution in [0.4, 0.5) is 0 Å². The Morgan fingerprint density at radius 1 is 0.825 bits per heavy atom. The molecule has 0 unspecified atom stereocenters. The van der Waals surface area contributed by atoms with Gasteiger partial charge in [-0.25, -0.2) is 4.57 Å². The molecule has 1 atom stereocenters. The van der Waals surface area contributed by atoms with Crippen LogP contribution in [-0.4, -0.2) is 60.5 Å². The number of aromatic nitrogens is 1. The molecule has 1 saturated heterocycles. The van der Waals surface area contributed by atoms with Crippen LogP contribution in [0.1, 0.15) is 107 Å². The van der Waals surface area contributed by atoms with E-state index in [2.05, 4.69) is 36.1 Å². The van der Waals surface area contributed by atoms with Crippen LogP contribution in [0.5, 0.6) is 28.9 Å². The quantitative estimate of drug-likeness (QED) is 0.0637. The highest BCUT2D eigenvalue weighted by Crippen LogP contribution is 2.53. The summed E-state index contributed by atoms with van der Waals surface area (Å²) in [6, 6.07) is 0.0828. The number of carbonyl (C=O) groups is 1. The van der Waals surface area contributed by atoms with Gasteiger partial charge >= 0.3 is 0 Å². The van der Waals surface area contributed by atoms with Crippen molar-refractivity contribution in [2.24, 2.45) is 0 Å². The maximum Gasteiger partial charge on any atom is 0.234 e. The molecule has 40 heavy (non-hydrogen) atoms. The summed E-state index contributed by atoms with van der Waals surface area (Å²) >= 11 is 0. The Morgan fingerprint density at radius 3 is 2.10 bits per heavy atom. The van der Waals surface area contributed by atoms with Crippen molar-refractivity contribution < 1.29 is 30.3 Å². The molecule has 8 heteroatoms. The summed E-state index contributed by atoms with van der Waals surface area (Å²) in [5.41, 5.74) is 0.110. The lowest BCUT2D eigenvalue weighted by Gasteiger charge is -2.19. The summed E-state index contributed by atoms with van der Waals surface area (Å²) in [5, 5.41) is 52.7. The fraction of sp³-hybridized carbons (Fsp3) is 0.594. The van der Waals surface area contributed by atoms with Crippen LogP contribution >= 0.6 is 0 Å². The first-order valence-electron chi connectivity index (χ1n) is 15.0. The number of nitrogens with zero attached hydrogens (tertiary/aromatic N) is 2. The lowest BCUT2D eigenvalue weighted by atomic mass is 10.0. The third-order valence-electron chi connectivity index (χ3n) is 8.08. The maximum atomic E-state index is 13.2. The number of fused-ring (bicyclic) bond motifs is 1. The van der Waals surface area contributed by atoms with E-state index in [-0.39, 0.29) is 34.8 Å². The van der Waals surface area contributed by atoms with Gasteiger partial charge in [-0.1, -0.05) is 63.3 Å². The number of phenols is 4. The number of rotatable bonds is 16. The van der Waals surface area contributed by atoms with E-state index in [1.54, 1.807) is 0 Å². The van der Waals surface area contributed by atoms with Gasteiger partial charge in [-0.2, -0.15) is 0 Å². The standard InChI is InChI=1S/C32H48N2O6/c1-3-4-5-6-7-8-9-10-11-12-13-14-15-16-17-20-25(35)34-27-26(28(36)30(38)31(39)29(27)37)24(32(34)40)22-23-19-18-21-33(23)2/h7-8,10-11,23,36-40H,3-6,9,12-22H2,1-2H3/b8-7-,11-10-/t23-/m1/s1. The zero-order valence-electron chi connectivity index (χ0n) is 24.2. The number of likely N-dealkylation sites (N-methyl/N-ethyl adjacent to an activating group) is 1. The lowest BCUT2D eigenvalue weighted by molar-refractivity contribution is 0.0894.